The molecule has 4 heteroatoms. The number of hydrogen-bond acceptors (Lipinski definition) is 3. The fourth-order valence-corrected chi connectivity index (χ4v) is 1.14. The topological polar surface area (TPSA) is 50.1 Å². The summed E-state index contributed by atoms with van der Waals surface area (Å²) in [5.41, 5.74) is 4.49. The van der Waals surface area contributed by atoms with Crippen molar-refractivity contribution in [1.82, 2.24) is 0 Å². The minimum atomic E-state index is -0.227. The van der Waals surface area contributed by atoms with E-state index in [1.807, 2.05) is 6.92 Å². The molecule has 0 atom stereocenters. The van der Waals surface area contributed by atoms with Crippen LogP contribution in [0, 0.1) is 12.7 Å². The van der Waals surface area contributed by atoms with Gasteiger partial charge < -0.3 is 10.7 Å². The van der Waals surface area contributed by atoms with Gasteiger partial charge in [0.25, 0.3) is 0 Å². The first-order valence-electron chi connectivity index (χ1n) is 4.19. The zero-order chi connectivity index (χ0) is 9.84. The van der Waals surface area contributed by atoms with Crippen LogP contribution in [0.25, 0.3) is 0 Å². The van der Waals surface area contributed by atoms with E-state index in [2.05, 4.69) is 10.7 Å². The number of hydrazine groups is 1. The van der Waals surface area contributed by atoms with E-state index in [1.54, 1.807) is 13.0 Å². The molecule has 0 saturated heterocycles. The van der Waals surface area contributed by atoms with Crippen LogP contribution in [0.15, 0.2) is 12.1 Å². The second-order valence-electron chi connectivity index (χ2n) is 2.82. The van der Waals surface area contributed by atoms with Crippen LogP contribution in [-0.4, -0.2) is 6.54 Å². The van der Waals surface area contributed by atoms with Crippen molar-refractivity contribution in [1.29, 1.82) is 0 Å². The van der Waals surface area contributed by atoms with Crippen molar-refractivity contribution in [2.75, 3.05) is 17.3 Å². The molecule has 0 fully saturated rings. The average Bonchev–Trinajstić information content (AvgIpc) is 2.11. The van der Waals surface area contributed by atoms with Gasteiger partial charge in [0.05, 0.1) is 11.4 Å². The van der Waals surface area contributed by atoms with Gasteiger partial charge in [-0.1, -0.05) is 0 Å². The molecule has 0 unspecified atom stereocenters. The number of aryl methyl sites for hydroxylation is 1. The van der Waals surface area contributed by atoms with E-state index < -0.39 is 0 Å². The molecular weight excluding hydrogens is 169 g/mol. The van der Waals surface area contributed by atoms with Gasteiger partial charge in [-0.15, -0.1) is 0 Å². The molecule has 0 aliphatic carbocycles. The highest BCUT2D eigenvalue weighted by Gasteiger charge is 2.04. The molecule has 0 aromatic heterocycles. The molecule has 1 aromatic rings. The van der Waals surface area contributed by atoms with Gasteiger partial charge in [-0.05, 0) is 31.5 Å². The molecule has 1 aromatic carbocycles. The van der Waals surface area contributed by atoms with Crippen LogP contribution in [0.1, 0.15) is 12.5 Å². The van der Waals surface area contributed by atoms with Gasteiger partial charge in [0.2, 0.25) is 0 Å². The molecular formula is C9H14FN3. The van der Waals surface area contributed by atoms with Crippen LogP contribution < -0.4 is 16.6 Å². The van der Waals surface area contributed by atoms with Gasteiger partial charge in [0, 0.05) is 6.54 Å². The average molecular weight is 183 g/mol. The lowest BCUT2D eigenvalue weighted by Crippen LogP contribution is -2.11. The first-order chi connectivity index (χ1) is 6.19. The fourth-order valence-electron chi connectivity index (χ4n) is 1.14. The van der Waals surface area contributed by atoms with Crippen LogP contribution in [0.5, 0.6) is 0 Å². The molecule has 72 valence electrons. The van der Waals surface area contributed by atoms with Gasteiger partial charge in [-0.3, -0.25) is 5.84 Å². The zero-order valence-corrected chi connectivity index (χ0v) is 7.82. The Bertz CT molecular complexity index is 299. The van der Waals surface area contributed by atoms with Crippen LogP contribution in [0.3, 0.4) is 0 Å². The largest absolute Gasteiger partial charge is 0.384 e. The molecule has 0 spiro atoms. The number of nitrogen functional groups attached to an aromatic ring is 1. The van der Waals surface area contributed by atoms with E-state index in [-0.39, 0.29) is 5.82 Å². The molecule has 0 saturated carbocycles. The quantitative estimate of drug-likeness (QED) is 0.495. The van der Waals surface area contributed by atoms with Crippen LogP contribution in [-0.2, 0) is 0 Å². The van der Waals surface area contributed by atoms with E-state index in [0.29, 0.717) is 16.9 Å². The zero-order valence-electron chi connectivity index (χ0n) is 7.82. The van der Waals surface area contributed by atoms with Crippen molar-refractivity contribution in [3.63, 3.8) is 0 Å². The minimum Gasteiger partial charge on any atom is -0.384 e. The van der Waals surface area contributed by atoms with Crippen LogP contribution in [0.4, 0.5) is 15.8 Å². The van der Waals surface area contributed by atoms with E-state index in [0.717, 1.165) is 6.54 Å². The number of nitrogens with two attached hydrogens (primary N) is 1. The first-order valence-corrected chi connectivity index (χ1v) is 4.19. The predicted octanol–water partition coefficient (Wildman–Crippen LogP) is 1.85. The monoisotopic (exact) mass is 183 g/mol. The molecule has 0 bridgehead atoms. The molecule has 3 nitrogen and oxygen atoms in total. The van der Waals surface area contributed by atoms with E-state index in [1.165, 1.54) is 6.07 Å². The molecule has 0 radical (unpaired) electrons. The van der Waals surface area contributed by atoms with E-state index >= 15 is 0 Å². The minimum absolute atomic E-state index is 0.227. The predicted molar refractivity (Wildman–Crippen MR) is 53.1 cm³/mol. The molecule has 13 heavy (non-hydrogen) atoms. The van der Waals surface area contributed by atoms with Crippen molar-refractivity contribution in [2.24, 2.45) is 5.84 Å². The molecule has 0 amide bonds. The number of halogens is 1. The Morgan fingerprint density at radius 3 is 2.62 bits per heavy atom. The SMILES string of the molecule is CCNc1cc(F)c(C)cc1NN. The van der Waals surface area contributed by atoms with Gasteiger partial charge in [0.15, 0.2) is 0 Å². The lowest BCUT2D eigenvalue weighted by Gasteiger charge is -2.11. The van der Waals surface area contributed by atoms with Crippen molar-refractivity contribution < 1.29 is 4.39 Å². The maximum atomic E-state index is 13.1. The van der Waals surface area contributed by atoms with Gasteiger partial charge in [-0.2, -0.15) is 0 Å². The van der Waals surface area contributed by atoms with E-state index in [9.17, 15) is 4.39 Å². The summed E-state index contributed by atoms with van der Waals surface area (Å²) in [7, 11) is 0. The molecule has 0 aliphatic heterocycles. The lowest BCUT2D eigenvalue weighted by molar-refractivity contribution is 0.619. The summed E-state index contributed by atoms with van der Waals surface area (Å²) >= 11 is 0. The van der Waals surface area contributed by atoms with E-state index in [4.69, 9.17) is 5.84 Å². The summed E-state index contributed by atoms with van der Waals surface area (Å²) in [5.74, 6) is 5.06. The second kappa shape index (κ2) is 4.09. The highest BCUT2D eigenvalue weighted by Crippen LogP contribution is 2.24. The van der Waals surface area contributed by atoms with Crippen molar-refractivity contribution >= 4 is 11.4 Å². The normalized spacial score (nSPS) is 9.85. The van der Waals surface area contributed by atoms with Crippen LogP contribution in [0.2, 0.25) is 0 Å². The fraction of sp³-hybridized carbons (Fsp3) is 0.333. The number of nitrogens with one attached hydrogen (secondary N) is 2. The van der Waals surface area contributed by atoms with Gasteiger partial charge >= 0.3 is 0 Å². The summed E-state index contributed by atoms with van der Waals surface area (Å²) < 4.78 is 13.1. The second-order valence-corrected chi connectivity index (χ2v) is 2.82. The smallest absolute Gasteiger partial charge is 0.128 e. The summed E-state index contributed by atoms with van der Waals surface area (Å²) in [4.78, 5) is 0. The van der Waals surface area contributed by atoms with Gasteiger partial charge in [0.1, 0.15) is 5.82 Å². The summed E-state index contributed by atoms with van der Waals surface area (Å²) in [6.07, 6.45) is 0. The Balaban J connectivity index is 3.09. The summed E-state index contributed by atoms with van der Waals surface area (Å²) in [5, 5.41) is 3.01. The molecule has 0 heterocycles. The maximum absolute atomic E-state index is 13.1. The highest BCUT2D eigenvalue weighted by molar-refractivity contribution is 5.69. The third-order valence-corrected chi connectivity index (χ3v) is 1.82. The number of hydrogen-bond donors (Lipinski definition) is 3. The Morgan fingerprint density at radius 2 is 2.08 bits per heavy atom. The molecule has 0 aliphatic rings. The summed E-state index contributed by atoms with van der Waals surface area (Å²) in [6, 6.07) is 3.11. The lowest BCUT2D eigenvalue weighted by atomic mass is 10.2. The number of benzene rings is 1. The first kappa shape index (κ1) is 9.80. The molecule has 4 N–H and O–H groups in total. The van der Waals surface area contributed by atoms with Crippen LogP contribution >= 0.6 is 0 Å². The Kier molecular flexibility index (Phi) is 3.08. The summed E-state index contributed by atoms with van der Waals surface area (Å²) in [6.45, 7) is 4.38. The molecule has 1 rings (SSSR count). The Hall–Kier alpha value is -1.29. The standard InChI is InChI=1S/C9H14FN3/c1-3-12-8-5-7(10)6(2)4-9(8)13-11/h4-5,12-13H,3,11H2,1-2H3. The van der Waals surface area contributed by atoms with Crippen molar-refractivity contribution in [2.45, 2.75) is 13.8 Å². The number of rotatable bonds is 3. The Morgan fingerprint density at radius 1 is 1.38 bits per heavy atom. The third-order valence-electron chi connectivity index (χ3n) is 1.82. The van der Waals surface area contributed by atoms with Crippen molar-refractivity contribution in [3.05, 3.63) is 23.5 Å². The number of anilines is 2. The highest BCUT2D eigenvalue weighted by atomic mass is 19.1. The third kappa shape index (κ3) is 2.09. The van der Waals surface area contributed by atoms with Gasteiger partial charge in [-0.25, -0.2) is 4.39 Å². The van der Waals surface area contributed by atoms with Crippen molar-refractivity contribution in [3.8, 4) is 0 Å². The Labute approximate surface area is 77.1 Å². The maximum Gasteiger partial charge on any atom is 0.128 e.